The molecule has 0 saturated heterocycles. The molecule has 0 aliphatic heterocycles. The van der Waals surface area contributed by atoms with Crippen molar-refractivity contribution in [3.05, 3.63) is 86.0 Å². The predicted octanol–water partition coefficient (Wildman–Crippen LogP) is 5.56. The van der Waals surface area contributed by atoms with Gasteiger partial charge in [-0.15, -0.1) is 11.3 Å². The Morgan fingerprint density at radius 1 is 1.08 bits per heavy atom. The van der Waals surface area contributed by atoms with E-state index in [4.69, 9.17) is 27.9 Å². The zero-order valence-corrected chi connectivity index (χ0v) is 15.5. The summed E-state index contributed by atoms with van der Waals surface area (Å²) in [6.07, 6.45) is 0. The number of amides is 1. The Morgan fingerprint density at radius 3 is 2.72 bits per heavy atom. The Kier molecular flexibility index (Phi) is 5.97. The molecule has 0 spiro atoms. The van der Waals surface area contributed by atoms with Crippen molar-refractivity contribution >= 4 is 40.4 Å². The molecule has 1 N–H and O–H groups in total. The Balaban J connectivity index is 1.55. The molecule has 0 fully saturated rings. The lowest BCUT2D eigenvalue weighted by Gasteiger charge is -2.06. The SMILES string of the molecule is O=C(NCc1ccccc1Cl)c1cc(COc2cccc(Cl)c2)cs1. The molecule has 1 amide bonds. The zero-order valence-electron chi connectivity index (χ0n) is 13.2. The highest BCUT2D eigenvalue weighted by atomic mass is 35.5. The van der Waals surface area contributed by atoms with E-state index in [9.17, 15) is 4.79 Å². The molecule has 128 valence electrons. The summed E-state index contributed by atoms with van der Waals surface area (Å²) in [7, 11) is 0. The summed E-state index contributed by atoms with van der Waals surface area (Å²) >= 11 is 13.4. The van der Waals surface area contributed by atoms with E-state index < -0.39 is 0 Å². The summed E-state index contributed by atoms with van der Waals surface area (Å²) in [6, 6.07) is 16.5. The van der Waals surface area contributed by atoms with E-state index in [0.717, 1.165) is 11.1 Å². The second-order valence-electron chi connectivity index (χ2n) is 5.34. The summed E-state index contributed by atoms with van der Waals surface area (Å²) in [6.45, 7) is 0.777. The first-order chi connectivity index (χ1) is 12.1. The molecule has 1 aromatic heterocycles. The number of hydrogen-bond acceptors (Lipinski definition) is 3. The maximum Gasteiger partial charge on any atom is 0.261 e. The van der Waals surface area contributed by atoms with Crippen molar-refractivity contribution in [3.8, 4) is 5.75 Å². The van der Waals surface area contributed by atoms with E-state index in [1.807, 2.05) is 41.8 Å². The Labute approximate surface area is 160 Å². The van der Waals surface area contributed by atoms with E-state index in [2.05, 4.69) is 5.32 Å². The van der Waals surface area contributed by atoms with Crippen LogP contribution in [0.4, 0.5) is 0 Å². The summed E-state index contributed by atoms with van der Waals surface area (Å²) in [5.74, 6) is 0.572. The Hall–Kier alpha value is -2.01. The standard InChI is InChI=1S/C19H15Cl2NO2S/c20-15-5-3-6-16(9-15)24-11-13-8-18(25-12-13)19(23)22-10-14-4-1-2-7-17(14)21/h1-9,12H,10-11H2,(H,22,23). The van der Waals surface area contributed by atoms with Crippen LogP contribution in [0.25, 0.3) is 0 Å². The molecule has 0 saturated carbocycles. The molecule has 0 unspecified atom stereocenters. The monoisotopic (exact) mass is 391 g/mol. The van der Waals surface area contributed by atoms with Crippen LogP contribution >= 0.6 is 34.5 Å². The average molecular weight is 392 g/mol. The lowest BCUT2D eigenvalue weighted by atomic mass is 10.2. The minimum atomic E-state index is -0.126. The molecule has 0 atom stereocenters. The van der Waals surface area contributed by atoms with Gasteiger partial charge in [0.15, 0.2) is 0 Å². The quantitative estimate of drug-likeness (QED) is 0.596. The van der Waals surface area contributed by atoms with Gasteiger partial charge in [0.25, 0.3) is 5.91 Å². The summed E-state index contributed by atoms with van der Waals surface area (Å²) < 4.78 is 5.68. The number of carbonyl (C=O) groups excluding carboxylic acids is 1. The van der Waals surface area contributed by atoms with Crippen LogP contribution in [-0.4, -0.2) is 5.91 Å². The van der Waals surface area contributed by atoms with Gasteiger partial charge in [0.05, 0.1) is 4.88 Å². The minimum Gasteiger partial charge on any atom is -0.489 e. The first-order valence-corrected chi connectivity index (χ1v) is 9.23. The summed E-state index contributed by atoms with van der Waals surface area (Å²) in [4.78, 5) is 12.9. The van der Waals surface area contributed by atoms with Gasteiger partial charge in [0, 0.05) is 22.2 Å². The molecule has 1 heterocycles. The number of carbonyl (C=O) groups is 1. The van der Waals surface area contributed by atoms with Crippen molar-refractivity contribution in [1.82, 2.24) is 5.32 Å². The van der Waals surface area contributed by atoms with Crippen LogP contribution in [-0.2, 0) is 13.2 Å². The fourth-order valence-corrected chi connectivity index (χ4v) is 3.39. The fraction of sp³-hybridized carbons (Fsp3) is 0.105. The number of thiophene rings is 1. The molecule has 0 aliphatic rings. The van der Waals surface area contributed by atoms with E-state index >= 15 is 0 Å². The van der Waals surface area contributed by atoms with Crippen LogP contribution in [0, 0.1) is 0 Å². The number of nitrogens with one attached hydrogen (secondary N) is 1. The van der Waals surface area contributed by atoms with Gasteiger partial charge in [-0.05, 0) is 41.3 Å². The van der Waals surface area contributed by atoms with Crippen LogP contribution < -0.4 is 10.1 Å². The summed E-state index contributed by atoms with van der Waals surface area (Å²) in [5.41, 5.74) is 1.83. The number of ether oxygens (including phenoxy) is 1. The fourth-order valence-electron chi connectivity index (χ4n) is 2.20. The van der Waals surface area contributed by atoms with Gasteiger partial charge < -0.3 is 10.1 Å². The van der Waals surface area contributed by atoms with Crippen molar-refractivity contribution in [3.63, 3.8) is 0 Å². The van der Waals surface area contributed by atoms with Gasteiger partial charge in [-0.25, -0.2) is 0 Å². The molecule has 0 radical (unpaired) electrons. The third-order valence-electron chi connectivity index (χ3n) is 3.48. The molecule has 6 heteroatoms. The smallest absolute Gasteiger partial charge is 0.261 e. The second kappa shape index (κ2) is 8.39. The largest absolute Gasteiger partial charge is 0.489 e. The lowest BCUT2D eigenvalue weighted by Crippen LogP contribution is -2.21. The molecule has 3 rings (SSSR count). The molecule has 3 aromatic rings. The second-order valence-corrected chi connectivity index (χ2v) is 7.09. The van der Waals surface area contributed by atoms with Crippen LogP contribution in [0.1, 0.15) is 20.8 Å². The predicted molar refractivity (Wildman–Crippen MR) is 103 cm³/mol. The van der Waals surface area contributed by atoms with Gasteiger partial charge in [-0.3, -0.25) is 4.79 Å². The minimum absolute atomic E-state index is 0.126. The van der Waals surface area contributed by atoms with E-state index in [0.29, 0.717) is 33.8 Å². The molecule has 2 aromatic carbocycles. The zero-order chi connectivity index (χ0) is 17.6. The summed E-state index contributed by atoms with van der Waals surface area (Å²) in [5, 5.41) is 6.06. The Bertz CT molecular complexity index is 879. The third-order valence-corrected chi connectivity index (χ3v) is 5.06. The van der Waals surface area contributed by atoms with Crippen molar-refractivity contribution in [2.24, 2.45) is 0 Å². The van der Waals surface area contributed by atoms with Crippen molar-refractivity contribution < 1.29 is 9.53 Å². The highest BCUT2D eigenvalue weighted by molar-refractivity contribution is 7.12. The van der Waals surface area contributed by atoms with E-state index in [1.54, 1.807) is 18.2 Å². The average Bonchev–Trinajstić information content (AvgIpc) is 3.08. The van der Waals surface area contributed by atoms with Gasteiger partial charge >= 0.3 is 0 Å². The maximum atomic E-state index is 12.3. The highest BCUT2D eigenvalue weighted by Gasteiger charge is 2.10. The molecular formula is C19H15Cl2NO2S. The molecule has 0 aliphatic carbocycles. The van der Waals surface area contributed by atoms with Gasteiger partial charge in [-0.2, -0.15) is 0 Å². The number of benzene rings is 2. The van der Waals surface area contributed by atoms with E-state index in [1.165, 1.54) is 11.3 Å². The maximum absolute atomic E-state index is 12.3. The molecular weight excluding hydrogens is 377 g/mol. The highest BCUT2D eigenvalue weighted by Crippen LogP contribution is 2.21. The van der Waals surface area contributed by atoms with Crippen LogP contribution in [0.15, 0.2) is 60.0 Å². The van der Waals surface area contributed by atoms with Crippen LogP contribution in [0.3, 0.4) is 0 Å². The van der Waals surface area contributed by atoms with E-state index in [-0.39, 0.29) is 5.91 Å². The van der Waals surface area contributed by atoms with Gasteiger partial charge in [0.2, 0.25) is 0 Å². The molecule has 3 nitrogen and oxygen atoms in total. The Morgan fingerprint density at radius 2 is 1.92 bits per heavy atom. The number of halogens is 2. The first-order valence-electron chi connectivity index (χ1n) is 7.59. The molecule has 0 bridgehead atoms. The van der Waals surface area contributed by atoms with Crippen molar-refractivity contribution in [1.29, 1.82) is 0 Å². The van der Waals surface area contributed by atoms with Gasteiger partial charge in [-0.1, -0.05) is 47.5 Å². The molecule has 25 heavy (non-hydrogen) atoms. The number of hydrogen-bond donors (Lipinski definition) is 1. The van der Waals surface area contributed by atoms with Gasteiger partial charge in [0.1, 0.15) is 12.4 Å². The topological polar surface area (TPSA) is 38.3 Å². The van der Waals surface area contributed by atoms with Crippen molar-refractivity contribution in [2.45, 2.75) is 13.2 Å². The first kappa shape index (κ1) is 17.8. The number of rotatable bonds is 6. The van der Waals surface area contributed by atoms with Crippen LogP contribution in [0.2, 0.25) is 10.0 Å². The normalized spacial score (nSPS) is 10.5. The van der Waals surface area contributed by atoms with Crippen LogP contribution in [0.5, 0.6) is 5.75 Å². The van der Waals surface area contributed by atoms with Crippen molar-refractivity contribution in [2.75, 3.05) is 0 Å². The third kappa shape index (κ3) is 4.98. The lowest BCUT2D eigenvalue weighted by molar-refractivity contribution is 0.0955.